The number of ether oxygens (including phenoxy) is 1. The molecule has 0 atom stereocenters. The minimum atomic E-state index is -0.521. The number of rotatable bonds is 4. The van der Waals surface area contributed by atoms with Crippen molar-refractivity contribution in [3.63, 3.8) is 0 Å². The van der Waals surface area contributed by atoms with Crippen LogP contribution in [-0.2, 0) is 16.0 Å². The van der Waals surface area contributed by atoms with Crippen LogP contribution < -0.4 is 20.7 Å². The van der Waals surface area contributed by atoms with Gasteiger partial charge in [-0.3, -0.25) is 14.4 Å². The first kappa shape index (κ1) is 16.5. The minimum Gasteiger partial charge on any atom is -0.482 e. The van der Waals surface area contributed by atoms with Crippen LogP contribution in [0.3, 0.4) is 0 Å². The minimum absolute atomic E-state index is 0.0185. The van der Waals surface area contributed by atoms with Crippen LogP contribution in [0.2, 0.25) is 0 Å². The lowest BCUT2D eigenvalue weighted by molar-refractivity contribution is -0.121. The van der Waals surface area contributed by atoms with Gasteiger partial charge in [0.25, 0.3) is 5.91 Å². The number of carbonyl (C=O) groups is 3. The third kappa shape index (κ3) is 3.60. The Bertz CT molecular complexity index is 846. The molecule has 3 rings (SSSR count). The summed E-state index contributed by atoms with van der Waals surface area (Å²) in [6, 6.07) is 11.6. The molecular weight excluding hydrogens is 322 g/mol. The molecule has 0 saturated heterocycles. The Labute approximate surface area is 144 Å². The van der Waals surface area contributed by atoms with Crippen LogP contribution >= 0.6 is 0 Å². The summed E-state index contributed by atoms with van der Waals surface area (Å²) in [5.74, 6) is -0.248. The number of nitrogens with zero attached hydrogens (tertiary/aromatic N) is 1. The first-order chi connectivity index (χ1) is 11.9. The predicted molar refractivity (Wildman–Crippen MR) is 92.6 cm³/mol. The zero-order valence-corrected chi connectivity index (χ0v) is 13.6. The maximum Gasteiger partial charge on any atom is 0.264 e. The van der Waals surface area contributed by atoms with E-state index in [1.54, 1.807) is 49.5 Å². The maximum absolute atomic E-state index is 12.2. The Morgan fingerprint density at radius 1 is 1.20 bits per heavy atom. The standard InChI is InChI=1S/C18H17N3O4/c1-21-14-8-11(2-7-15(14)25-10-17(21)23)9-16(22)20-13-5-3-12(4-6-13)18(19)24/h2-8H,9-10H2,1H3,(H2,19,24)(H,20,22). The average molecular weight is 339 g/mol. The van der Waals surface area contributed by atoms with Gasteiger partial charge in [0.15, 0.2) is 6.61 Å². The van der Waals surface area contributed by atoms with E-state index in [-0.39, 0.29) is 24.8 Å². The summed E-state index contributed by atoms with van der Waals surface area (Å²) in [6.45, 7) is 0.0185. The fourth-order valence-corrected chi connectivity index (χ4v) is 2.54. The molecule has 128 valence electrons. The Balaban J connectivity index is 1.69. The third-order valence-electron chi connectivity index (χ3n) is 3.93. The number of hydrogen-bond acceptors (Lipinski definition) is 4. The van der Waals surface area contributed by atoms with Gasteiger partial charge in [-0.1, -0.05) is 6.07 Å². The van der Waals surface area contributed by atoms with Crippen LogP contribution in [0.25, 0.3) is 0 Å². The zero-order valence-electron chi connectivity index (χ0n) is 13.6. The zero-order chi connectivity index (χ0) is 18.0. The number of amides is 3. The van der Waals surface area contributed by atoms with Crippen LogP contribution in [-0.4, -0.2) is 31.4 Å². The molecule has 2 aromatic rings. The lowest BCUT2D eigenvalue weighted by Crippen LogP contribution is -2.35. The van der Waals surface area contributed by atoms with Crippen molar-refractivity contribution in [2.45, 2.75) is 6.42 Å². The highest BCUT2D eigenvalue weighted by Crippen LogP contribution is 2.32. The Kier molecular flexibility index (Phi) is 4.38. The van der Waals surface area contributed by atoms with Gasteiger partial charge in [0.1, 0.15) is 5.75 Å². The maximum atomic E-state index is 12.2. The van der Waals surface area contributed by atoms with Gasteiger partial charge in [-0.2, -0.15) is 0 Å². The SMILES string of the molecule is CN1C(=O)COc2ccc(CC(=O)Nc3ccc(C(N)=O)cc3)cc21. The molecule has 0 bridgehead atoms. The second kappa shape index (κ2) is 6.64. The summed E-state index contributed by atoms with van der Waals surface area (Å²) in [7, 11) is 1.67. The van der Waals surface area contributed by atoms with E-state index in [9.17, 15) is 14.4 Å². The summed E-state index contributed by atoms with van der Waals surface area (Å²) in [6.07, 6.45) is 0.146. The van der Waals surface area contributed by atoms with Crippen LogP contribution in [0.1, 0.15) is 15.9 Å². The van der Waals surface area contributed by atoms with Gasteiger partial charge in [-0.05, 0) is 42.0 Å². The number of nitrogens with two attached hydrogens (primary N) is 1. The topological polar surface area (TPSA) is 102 Å². The molecule has 2 aromatic carbocycles. The molecule has 0 fully saturated rings. The summed E-state index contributed by atoms with van der Waals surface area (Å²) < 4.78 is 5.36. The fourth-order valence-electron chi connectivity index (χ4n) is 2.54. The molecule has 1 heterocycles. The first-order valence-corrected chi connectivity index (χ1v) is 7.66. The van der Waals surface area contributed by atoms with Crippen molar-refractivity contribution in [2.24, 2.45) is 5.73 Å². The van der Waals surface area contributed by atoms with Crippen molar-refractivity contribution < 1.29 is 19.1 Å². The van der Waals surface area contributed by atoms with E-state index >= 15 is 0 Å². The molecule has 3 amide bonds. The highest BCUT2D eigenvalue weighted by Gasteiger charge is 2.22. The predicted octanol–water partition coefficient (Wildman–Crippen LogP) is 1.32. The Hall–Kier alpha value is -3.35. The van der Waals surface area contributed by atoms with Gasteiger partial charge in [-0.15, -0.1) is 0 Å². The second-order valence-electron chi connectivity index (χ2n) is 5.71. The molecular formula is C18H17N3O4. The molecule has 7 nitrogen and oxygen atoms in total. The summed E-state index contributed by atoms with van der Waals surface area (Å²) in [4.78, 5) is 36.5. The van der Waals surface area contributed by atoms with Crippen molar-refractivity contribution in [1.29, 1.82) is 0 Å². The number of hydrogen-bond donors (Lipinski definition) is 2. The van der Waals surface area contributed by atoms with Crippen molar-refractivity contribution in [3.8, 4) is 5.75 Å². The van der Waals surface area contributed by atoms with E-state index in [2.05, 4.69) is 5.32 Å². The van der Waals surface area contributed by atoms with Crippen LogP contribution in [0, 0.1) is 0 Å². The van der Waals surface area contributed by atoms with Crippen molar-refractivity contribution in [1.82, 2.24) is 0 Å². The molecule has 7 heteroatoms. The largest absolute Gasteiger partial charge is 0.482 e. The van der Waals surface area contributed by atoms with E-state index in [1.807, 2.05) is 0 Å². The van der Waals surface area contributed by atoms with Gasteiger partial charge in [0.05, 0.1) is 12.1 Å². The van der Waals surface area contributed by atoms with Crippen LogP contribution in [0.4, 0.5) is 11.4 Å². The van der Waals surface area contributed by atoms with Crippen molar-refractivity contribution in [3.05, 3.63) is 53.6 Å². The Morgan fingerprint density at radius 3 is 2.60 bits per heavy atom. The summed E-state index contributed by atoms with van der Waals surface area (Å²) >= 11 is 0. The third-order valence-corrected chi connectivity index (χ3v) is 3.93. The summed E-state index contributed by atoms with van der Waals surface area (Å²) in [5, 5.41) is 2.75. The van der Waals surface area contributed by atoms with E-state index in [0.29, 0.717) is 22.7 Å². The number of anilines is 2. The molecule has 25 heavy (non-hydrogen) atoms. The first-order valence-electron chi connectivity index (χ1n) is 7.66. The van der Waals surface area contributed by atoms with E-state index < -0.39 is 5.91 Å². The molecule has 0 spiro atoms. The van der Waals surface area contributed by atoms with Gasteiger partial charge < -0.3 is 20.7 Å². The Morgan fingerprint density at radius 2 is 1.92 bits per heavy atom. The normalized spacial score (nSPS) is 13.0. The lowest BCUT2D eigenvalue weighted by atomic mass is 10.1. The number of primary amides is 1. The molecule has 3 N–H and O–H groups in total. The quantitative estimate of drug-likeness (QED) is 0.877. The molecule has 1 aliphatic heterocycles. The van der Waals surface area contributed by atoms with Gasteiger partial charge in [-0.25, -0.2) is 0 Å². The molecule has 0 aliphatic carbocycles. The molecule has 0 aromatic heterocycles. The summed E-state index contributed by atoms with van der Waals surface area (Å²) in [5.41, 5.74) is 7.53. The molecule has 1 aliphatic rings. The fraction of sp³-hybridized carbons (Fsp3) is 0.167. The highest BCUT2D eigenvalue weighted by atomic mass is 16.5. The van der Waals surface area contributed by atoms with Crippen molar-refractivity contribution >= 4 is 29.1 Å². The number of fused-ring (bicyclic) bond motifs is 1. The number of nitrogens with one attached hydrogen (secondary N) is 1. The number of likely N-dealkylation sites (N-methyl/N-ethyl adjacent to an activating group) is 1. The van der Waals surface area contributed by atoms with E-state index in [0.717, 1.165) is 5.56 Å². The number of benzene rings is 2. The molecule has 0 radical (unpaired) electrons. The molecule has 0 unspecified atom stereocenters. The second-order valence-corrected chi connectivity index (χ2v) is 5.71. The van der Waals surface area contributed by atoms with Gasteiger partial charge >= 0.3 is 0 Å². The number of carbonyl (C=O) groups excluding carboxylic acids is 3. The van der Waals surface area contributed by atoms with E-state index in [4.69, 9.17) is 10.5 Å². The van der Waals surface area contributed by atoms with Gasteiger partial charge in [0, 0.05) is 18.3 Å². The molecule has 0 saturated carbocycles. The van der Waals surface area contributed by atoms with Crippen LogP contribution in [0.5, 0.6) is 5.75 Å². The highest BCUT2D eigenvalue weighted by molar-refractivity contribution is 5.98. The monoisotopic (exact) mass is 339 g/mol. The van der Waals surface area contributed by atoms with Crippen LogP contribution in [0.15, 0.2) is 42.5 Å². The lowest BCUT2D eigenvalue weighted by Gasteiger charge is -2.26. The smallest absolute Gasteiger partial charge is 0.264 e. The van der Waals surface area contributed by atoms with Crippen molar-refractivity contribution in [2.75, 3.05) is 23.9 Å². The van der Waals surface area contributed by atoms with E-state index in [1.165, 1.54) is 4.90 Å². The van der Waals surface area contributed by atoms with Gasteiger partial charge in [0.2, 0.25) is 11.8 Å². The average Bonchev–Trinajstić information content (AvgIpc) is 2.59.